The summed E-state index contributed by atoms with van der Waals surface area (Å²) in [5.41, 5.74) is 0.513. The highest BCUT2D eigenvalue weighted by atomic mass is 16.5. The Hall–Kier alpha value is -2.38. The van der Waals surface area contributed by atoms with Crippen LogP contribution >= 0.6 is 0 Å². The number of amides is 1. The summed E-state index contributed by atoms with van der Waals surface area (Å²) in [4.78, 5) is 12.0. The maximum Gasteiger partial charge on any atom is 0.254 e. The van der Waals surface area contributed by atoms with Gasteiger partial charge in [0.1, 0.15) is 6.07 Å². The molecule has 0 saturated carbocycles. The highest BCUT2D eigenvalue weighted by Gasteiger charge is 2.12. The third-order valence-corrected chi connectivity index (χ3v) is 2.72. The standard InChI is InChI=1S/C15H14N2O2/c1-2-19-14(10-16)17-15(18)13-8-7-11-5-3-4-6-12(11)9-13/h3-9,14H,2H2,1H3,(H,17,18). The Morgan fingerprint density at radius 1 is 1.32 bits per heavy atom. The summed E-state index contributed by atoms with van der Waals surface area (Å²) in [6.07, 6.45) is -0.913. The molecule has 0 radical (unpaired) electrons. The monoisotopic (exact) mass is 254 g/mol. The molecule has 1 unspecified atom stereocenters. The maximum absolute atomic E-state index is 12.0. The van der Waals surface area contributed by atoms with Crippen LogP contribution in [0.15, 0.2) is 42.5 Å². The normalized spacial score (nSPS) is 11.8. The van der Waals surface area contributed by atoms with Gasteiger partial charge in [0, 0.05) is 12.2 Å². The number of hydrogen-bond acceptors (Lipinski definition) is 3. The van der Waals surface area contributed by atoms with Crippen LogP contribution in [0, 0.1) is 11.3 Å². The summed E-state index contributed by atoms with van der Waals surface area (Å²) < 4.78 is 5.08. The molecule has 4 nitrogen and oxygen atoms in total. The molecule has 0 spiro atoms. The lowest BCUT2D eigenvalue weighted by Crippen LogP contribution is -2.35. The number of nitrogens with one attached hydrogen (secondary N) is 1. The van der Waals surface area contributed by atoms with Crippen molar-refractivity contribution >= 4 is 16.7 Å². The molecule has 0 aliphatic rings. The number of hydrogen-bond donors (Lipinski definition) is 1. The first kappa shape index (κ1) is 13.1. The van der Waals surface area contributed by atoms with E-state index in [-0.39, 0.29) is 5.91 Å². The van der Waals surface area contributed by atoms with E-state index in [2.05, 4.69) is 5.32 Å². The van der Waals surface area contributed by atoms with E-state index in [9.17, 15) is 4.79 Å². The van der Waals surface area contributed by atoms with Crippen molar-refractivity contribution in [3.63, 3.8) is 0 Å². The lowest BCUT2D eigenvalue weighted by molar-refractivity contribution is 0.0615. The fourth-order valence-corrected chi connectivity index (χ4v) is 1.81. The van der Waals surface area contributed by atoms with Crippen molar-refractivity contribution in [3.05, 3.63) is 48.0 Å². The zero-order chi connectivity index (χ0) is 13.7. The van der Waals surface area contributed by atoms with Crippen LogP contribution in [-0.4, -0.2) is 18.7 Å². The first-order chi connectivity index (χ1) is 9.24. The molecule has 96 valence electrons. The van der Waals surface area contributed by atoms with E-state index in [1.807, 2.05) is 36.4 Å². The minimum absolute atomic E-state index is 0.314. The minimum atomic E-state index is -0.913. The molecule has 0 bridgehead atoms. The highest BCUT2D eigenvalue weighted by molar-refractivity contribution is 5.98. The summed E-state index contributed by atoms with van der Waals surface area (Å²) in [5.74, 6) is -0.314. The van der Waals surface area contributed by atoms with E-state index >= 15 is 0 Å². The molecule has 0 aliphatic heterocycles. The third-order valence-electron chi connectivity index (χ3n) is 2.72. The van der Waals surface area contributed by atoms with Crippen molar-refractivity contribution in [1.82, 2.24) is 5.32 Å². The molecule has 2 aromatic rings. The van der Waals surface area contributed by atoms with Gasteiger partial charge in [-0.25, -0.2) is 0 Å². The number of fused-ring (bicyclic) bond motifs is 1. The van der Waals surface area contributed by atoms with Crippen LogP contribution in [-0.2, 0) is 4.74 Å². The second-order valence-corrected chi connectivity index (χ2v) is 4.00. The van der Waals surface area contributed by atoms with Gasteiger partial charge in [-0.15, -0.1) is 0 Å². The van der Waals surface area contributed by atoms with Crippen LogP contribution in [0.2, 0.25) is 0 Å². The molecule has 1 amide bonds. The SMILES string of the molecule is CCOC(C#N)NC(=O)c1ccc2ccccc2c1. The van der Waals surface area contributed by atoms with E-state index in [0.29, 0.717) is 12.2 Å². The third kappa shape index (κ3) is 3.09. The molecule has 0 saturated heterocycles. The van der Waals surface area contributed by atoms with Crippen LogP contribution < -0.4 is 5.32 Å². The number of carbonyl (C=O) groups excluding carboxylic acids is 1. The Morgan fingerprint density at radius 3 is 2.74 bits per heavy atom. The molecule has 0 heterocycles. The van der Waals surface area contributed by atoms with Crippen molar-refractivity contribution in [2.75, 3.05) is 6.61 Å². The molecule has 1 N–H and O–H groups in total. The fraction of sp³-hybridized carbons (Fsp3) is 0.200. The molecule has 2 rings (SSSR count). The van der Waals surface area contributed by atoms with Gasteiger partial charge < -0.3 is 10.1 Å². The van der Waals surface area contributed by atoms with Gasteiger partial charge >= 0.3 is 0 Å². The average Bonchev–Trinajstić information content (AvgIpc) is 2.46. The predicted molar refractivity (Wildman–Crippen MR) is 72.4 cm³/mol. The van der Waals surface area contributed by atoms with Gasteiger partial charge in [0.2, 0.25) is 6.23 Å². The zero-order valence-corrected chi connectivity index (χ0v) is 10.6. The summed E-state index contributed by atoms with van der Waals surface area (Å²) in [5, 5.41) is 13.4. The maximum atomic E-state index is 12.0. The van der Waals surface area contributed by atoms with Gasteiger partial charge in [0.05, 0.1) is 0 Å². The van der Waals surface area contributed by atoms with E-state index in [1.165, 1.54) is 0 Å². The number of benzene rings is 2. The van der Waals surface area contributed by atoms with E-state index in [1.54, 1.807) is 19.1 Å². The van der Waals surface area contributed by atoms with Gasteiger partial charge in [-0.05, 0) is 29.8 Å². The largest absolute Gasteiger partial charge is 0.346 e. The second-order valence-electron chi connectivity index (χ2n) is 4.00. The average molecular weight is 254 g/mol. The Balaban J connectivity index is 2.19. The molecule has 0 aromatic heterocycles. The Labute approximate surface area is 111 Å². The molecule has 2 aromatic carbocycles. The van der Waals surface area contributed by atoms with Crippen molar-refractivity contribution in [2.45, 2.75) is 13.2 Å². The van der Waals surface area contributed by atoms with Crippen LogP contribution in [0.25, 0.3) is 10.8 Å². The Bertz CT molecular complexity index is 631. The number of ether oxygens (including phenoxy) is 1. The second kappa shape index (κ2) is 5.98. The fourth-order valence-electron chi connectivity index (χ4n) is 1.81. The molecule has 0 aliphatic carbocycles. The smallest absolute Gasteiger partial charge is 0.254 e. The van der Waals surface area contributed by atoms with E-state index < -0.39 is 6.23 Å². The summed E-state index contributed by atoms with van der Waals surface area (Å²) in [7, 11) is 0. The summed E-state index contributed by atoms with van der Waals surface area (Å²) >= 11 is 0. The molecule has 1 atom stereocenters. The summed E-state index contributed by atoms with van der Waals surface area (Å²) in [6, 6.07) is 15.1. The van der Waals surface area contributed by atoms with Gasteiger partial charge in [-0.2, -0.15) is 5.26 Å². The molecule has 4 heteroatoms. The van der Waals surface area contributed by atoms with Gasteiger partial charge in [0.25, 0.3) is 5.91 Å². The molecule has 19 heavy (non-hydrogen) atoms. The lowest BCUT2D eigenvalue weighted by atomic mass is 10.1. The van der Waals surface area contributed by atoms with Crippen LogP contribution in [0.4, 0.5) is 0 Å². The highest BCUT2D eigenvalue weighted by Crippen LogP contribution is 2.15. The number of nitriles is 1. The first-order valence-corrected chi connectivity index (χ1v) is 6.05. The van der Waals surface area contributed by atoms with Crippen LogP contribution in [0.5, 0.6) is 0 Å². The first-order valence-electron chi connectivity index (χ1n) is 6.05. The van der Waals surface area contributed by atoms with Crippen molar-refractivity contribution in [2.24, 2.45) is 0 Å². The van der Waals surface area contributed by atoms with Crippen LogP contribution in [0.3, 0.4) is 0 Å². The zero-order valence-electron chi connectivity index (χ0n) is 10.6. The lowest BCUT2D eigenvalue weighted by Gasteiger charge is -2.11. The Morgan fingerprint density at radius 2 is 2.05 bits per heavy atom. The van der Waals surface area contributed by atoms with Crippen molar-refractivity contribution in [3.8, 4) is 6.07 Å². The summed E-state index contributed by atoms with van der Waals surface area (Å²) in [6.45, 7) is 2.14. The number of carbonyl (C=O) groups is 1. The van der Waals surface area contributed by atoms with Gasteiger partial charge in [0.15, 0.2) is 0 Å². The van der Waals surface area contributed by atoms with E-state index in [0.717, 1.165) is 10.8 Å². The van der Waals surface area contributed by atoms with E-state index in [4.69, 9.17) is 10.00 Å². The topological polar surface area (TPSA) is 62.1 Å². The van der Waals surface area contributed by atoms with Crippen molar-refractivity contribution < 1.29 is 9.53 Å². The van der Waals surface area contributed by atoms with Gasteiger partial charge in [-0.1, -0.05) is 30.3 Å². The number of rotatable bonds is 4. The Kier molecular flexibility index (Phi) is 4.11. The molecular formula is C15H14N2O2. The predicted octanol–water partition coefficient (Wildman–Crippen LogP) is 2.46. The van der Waals surface area contributed by atoms with Crippen LogP contribution in [0.1, 0.15) is 17.3 Å². The molecular weight excluding hydrogens is 240 g/mol. The quantitative estimate of drug-likeness (QED) is 0.852. The van der Waals surface area contributed by atoms with Crippen molar-refractivity contribution in [1.29, 1.82) is 5.26 Å². The molecule has 0 fully saturated rings. The van der Waals surface area contributed by atoms with Gasteiger partial charge in [-0.3, -0.25) is 4.79 Å². The minimum Gasteiger partial charge on any atom is -0.346 e. The number of nitrogens with zero attached hydrogens (tertiary/aromatic N) is 1.